The molecule has 0 saturated carbocycles. The molecule has 2 aliphatic heterocycles. The average Bonchev–Trinajstić information content (AvgIpc) is 3.02. The van der Waals surface area contributed by atoms with Gasteiger partial charge in [-0.25, -0.2) is 10.9 Å². The number of anilines is 2. The molecular formula is C12H18Cu2N5O3. The molecule has 1 radical (unpaired) electrons. The van der Waals surface area contributed by atoms with Crippen molar-refractivity contribution in [3.8, 4) is 11.5 Å². The third kappa shape index (κ3) is 4.52. The molecule has 10 heteroatoms. The monoisotopic (exact) mass is 406 g/mol. The standard InChI is InChI=1S/C12H16N4O2.2Cu.H2N.H2O/c17-11-8-10(16-6-2-4-14-16)12(18)7-9(11)15-5-1-3-13-15;;;;/h1,5,7-8,13-14,17-18H,2-4,6H2;;;2*1H2/q;+1;+2;-1;/p-2. The summed E-state index contributed by atoms with van der Waals surface area (Å²) < 4.78 is 0. The molecule has 1 fully saturated rings. The summed E-state index contributed by atoms with van der Waals surface area (Å²) in [7, 11) is 0. The maximum Gasteiger partial charge on any atom is 2.00 e. The molecule has 6 N–H and O–H groups in total. The van der Waals surface area contributed by atoms with Gasteiger partial charge < -0.3 is 26.8 Å². The normalized spacial score (nSPS) is 15.5. The fourth-order valence-corrected chi connectivity index (χ4v) is 2.20. The van der Waals surface area contributed by atoms with Gasteiger partial charge >= 0.3 is 34.1 Å². The van der Waals surface area contributed by atoms with E-state index >= 15 is 0 Å². The van der Waals surface area contributed by atoms with E-state index in [0.717, 1.165) is 19.5 Å². The van der Waals surface area contributed by atoms with Crippen LogP contribution in [0.15, 0.2) is 24.4 Å². The second-order valence-corrected chi connectivity index (χ2v) is 4.32. The average molecular weight is 407 g/mol. The molecule has 3 rings (SSSR count). The fourth-order valence-electron chi connectivity index (χ4n) is 2.20. The molecule has 0 amide bonds. The van der Waals surface area contributed by atoms with E-state index in [0.29, 0.717) is 17.9 Å². The molecule has 1 aromatic carbocycles. The maximum absolute atomic E-state index is 12.0. The summed E-state index contributed by atoms with van der Waals surface area (Å²) >= 11 is 0. The third-order valence-electron chi connectivity index (χ3n) is 3.09. The van der Waals surface area contributed by atoms with Crippen LogP contribution in [0, 0.1) is 0 Å². The smallest absolute Gasteiger partial charge is 0.871 e. The number of nitrogens with one attached hydrogen (secondary N) is 2. The van der Waals surface area contributed by atoms with Gasteiger partial charge in [-0.05, 0) is 18.6 Å². The van der Waals surface area contributed by atoms with E-state index in [1.54, 1.807) is 16.2 Å². The Labute approximate surface area is 150 Å². The predicted molar refractivity (Wildman–Crippen MR) is 73.8 cm³/mol. The largest absolute Gasteiger partial charge is 2.00 e. The number of hydrazine groups is 2. The molecule has 0 atom stereocenters. The van der Waals surface area contributed by atoms with Gasteiger partial charge in [0.1, 0.15) is 0 Å². The van der Waals surface area contributed by atoms with E-state index in [2.05, 4.69) is 10.9 Å². The molecule has 0 aliphatic carbocycles. The second kappa shape index (κ2) is 9.94. The number of hydrogen-bond acceptors (Lipinski definition) is 6. The van der Waals surface area contributed by atoms with Gasteiger partial charge in [-0.2, -0.15) is 0 Å². The van der Waals surface area contributed by atoms with Crippen molar-refractivity contribution in [2.24, 2.45) is 0 Å². The predicted octanol–water partition coefficient (Wildman–Crippen LogP) is -0.726. The molecule has 0 aromatic heterocycles. The van der Waals surface area contributed by atoms with Crippen molar-refractivity contribution in [1.82, 2.24) is 10.9 Å². The Balaban J connectivity index is 0. The first-order chi connectivity index (χ1) is 8.75. The van der Waals surface area contributed by atoms with Gasteiger partial charge in [-0.1, -0.05) is 17.6 Å². The molecular weight excluding hydrogens is 389 g/mol. The molecule has 8 nitrogen and oxygen atoms in total. The van der Waals surface area contributed by atoms with Crippen LogP contribution in [0.25, 0.3) is 6.15 Å². The van der Waals surface area contributed by atoms with Crippen LogP contribution in [0.3, 0.4) is 0 Å². The van der Waals surface area contributed by atoms with Gasteiger partial charge in [0.25, 0.3) is 0 Å². The summed E-state index contributed by atoms with van der Waals surface area (Å²) in [6.45, 7) is 2.27. The van der Waals surface area contributed by atoms with Crippen molar-refractivity contribution in [3.05, 3.63) is 30.6 Å². The van der Waals surface area contributed by atoms with Gasteiger partial charge in [0, 0.05) is 37.2 Å². The van der Waals surface area contributed by atoms with E-state index in [1.807, 2.05) is 6.08 Å². The molecule has 0 bridgehead atoms. The molecule has 2 aliphatic rings. The van der Waals surface area contributed by atoms with E-state index in [1.165, 1.54) is 12.1 Å². The zero-order valence-corrected chi connectivity index (χ0v) is 13.4. The SMILES string of the molecule is O.[Cu+2].[Cu+].[NH2-].[O-]c1cc(N2CCCN2)c([O-])cc1N1C=CCN1. The summed E-state index contributed by atoms with van der Waals surface area (Å²) in [5, 5.41) is 27.4. The van der Waals surface area contributed by atoms with Crippen LogP contribution >= 0.6 is 0 Å². The summed E-state index contributed by atoms with van der Waals surface area (Å²) in [4.78, 5) is 0. The number of hydrogen-bond donors (Lipinski definition) is 2. The van der Waals surface area contributed by atoms with Crippen molar-refractivity contribution in [3.63, 3.8) is 0 Å². The summed E-state index contributed by atoms with van der Waals surface area (Å²) in [6, 6.07) is 2.80. The minimum atomic E-state index is -0.155. The molecule has 0 unspecified atom stereocenters. The summed E-state index contributed by atoms with van der Waals surface area (Å²) in [5.41, 5.74) is 6.87. The third-order valence-corrected chi connectivity index (χ3v) is 3.09. The number of nitrogens with zero attached hydrogens (tertiary/aromatic N) is 2. The van der Waals surface area contributed by atoms with E-state index in [-0.39, 0.29) is 57.3 Å². The van der Waals surface area contributed by atoms with Crippen LogP contribution < -0.4 is 31.1 Å². The first-order valence-corrected chi connectivity index (χ1v) is 5.98. The Morgan fingerprint density at radius 1 is 1.05 bits per heavy atom. The minimum Gasteiger partial charge on any atom is -0.871 e. The van der Waals surface area contributed by atoms with Gasteiger partial charge in [0.2, 0.25) is 0 Å². The Kier molecular flexibility index (Phi) is 10.5. The van der Waals surface area contributed by atoms with Gasteiger partial charge in [-0.15, -0.1) is 0 Å². The fraction of sp³-hybridized carbons (Fsp3) is 0.333. The second-order valence-electron chi connectivity index (χ2n) is 4.32. The van der Waals surface area contributed by atoms with E-state index < -0.39 is 0 Å². The maximum atomic E-state index is 12.0. The Hall–Kier alpha value is -0.961. The van der Waals surface area contributed by atoms with Crippen LogP contribution in [0.1, 0.15) is 6.42 Å². The Bertz CT molecular complexity index is 498. The molecule has 0 spiro atoms. The minimum absolute atomic E-state index is 0. The molecule has 1 saturated heterocycles. The topological polar surface area (TPSA) is 142 Å². The van der Waals surface area contributed by atoms with Gasteiger partial charge in [-0.3, -0.25) is 5.01 Å². The molecule has 22 heavy (non-hydrogen) atoms. The molecule has 131 valence electrons. The zero-order valence-electron chi connectivity index (χ0n) is 11.5. The number of benzene rings is 1. The van der Waals surface area contributed by atoms with Crippen molar-refractivity contribution < 1.29 is 49.8 Å². The van der Waals surface area contributed by atoms with Gasteiger partial charge in [0.15, 0.2) is 0 Å². The van der Waals surface area contributed by atoms with E-state index in [4.69, 9.17) is 0 Å². The van der Waals surface area contributed by atoms with Crippen LogP contribution in [0.2, 0.25) is 0 Å². The Morgan fingerprint density at radius 2 is 1.68 bits per heavy atom. The van der Waals surface area contributed by atoms with Crippen LogP contribution in [-0.2, 0) is 34.1 Å². The Morgan fingerprint density at radius 3 is 2.23 bits per heavy atom. The number of nitrogens with two attached hydrogens (primary N) is 1. The summed E-state index contributed by atoms with van der Waals surface area (Å²) in [6.07, 6.45) is 4.62. The molecule has 1 aromatic rings. The van der Waals surface area contributed by atoms with Crippen LogP contribution in [-0.4, -0.2) is 25.1 Å². The first kappa shape index (κ1) is 23.3. The quantitative estimate of drug-likeness (QED) is 0.620. The van der Waals surface area contributed by atoms with Crippen molar-refractivity contribution >= 4 is 11.4 Å². The van der Waals surface area contributed by atoms with Crippen molar-refractivity contribution in [2.45, 2.75) is 6.42 Å². The molecule has 2 heterocycles. The van der Waals surface area contributed by atoms with Crippen molar-refractivity contribution in [2.75, 3.05) is 29.7 Å². The number of rotatable bonds is 2. The summed E-state index contributed by atoms with van der Waals surface area (Å²) in [5.74, 6) is -0.293. The van der Waals surface area contributed by atoms with Gasteiger partial charge in [0.05, 0.1) is 0 Å². The van der Waals surface area contributed by atoms with E-state index in [9.17, 15) is 10.2 Å². The van der Waals surface area contributed by atoms with Crippen molar-refractivity contribution in [1.29, 1.82) is 0 Å². The van der Waals surface area contributed by atoms with Crippen LogP contribution in [0.5, 0.6) is 11.5 Å². The zero-order chi connectivity index (χ0) is 12.5. The van der Waals surface area contributed by atoms with Crippen LogP contribution in [0.4, 0.5) is 11.4 Å². The first-order valence-electron chi connectivity index (χ1n) is 5.98.